The number of fused-ring (bicyclic) bond motifs is 2. The van der Waals surface area contributed by atoms with Crippen molar-refractivity contribution >= 4 is 28.3 Å². The van der Waals surface area contributed by atoms with Crippen LogP contribution in [0.25, 0.3) is 10.9 Å². The van der Waals surface area contributed by atoms with Gasteiger partial charge in [0.25, 0.3) is 5.91 Å². The third kappa shape index (κ3) is 4.43. The summed E-state index contributed by atoms with van der Waals surface area (Å²) in [6.45, 7) is 9.29. The van der Waals surface area contributed by atoms with Crippen molar-refractivity contribution in [3.8, 4) is 0 Å². The van der Waals surface area contributed by atoms with Crippen LogP contribution in [0.5, 0.6) is 0 Å². The van der Waals surface area contributed by atoms with Crippen LogP contribution < -0.4 is 4.90 Å². The van der Waals surface area contributed by atoms with Crippen molar-refractivity contribution in [3.05, 3.63) is 94.6 Å². The fourth-order valence-corrected chi connectivity index (χ4v) is 5.46. The molecule has 0 aliphatic carbocycles. The van der Waals surface area contributed by atoms with Gasteiger partial charge in [0.2, 0.25) is 0 Å². The summed E-state index contributed by atoms with van der Waals surface area (Å²) >= 11 is 0. The molecule has 1 aliphatic rings. The summed E-state index contributed by atoms with van der Waals surface area (Å²) < 4.78 is 46.3. The first kappa shape index (κ1) is 28.5. The number of hydrogen-bond acceptors (Lipinski definition) is 5. The Hall–Kier alpha value is -3.98. The topological polar surface area (TPSA) is 69.6 Å². The number of alkyl halides is 2. The van der Waals surface area contributed by atoms with Gasteiger partial charge in [0, 0.05) is 29.2 Å². The molecule has 1 aliphatic heterocycles. The number of aryl methyl sites for hydroxylation is 1. The van der Waals surface area contributed by atoms with E-state index in [0.717, 1.165) is 25.5 Å². The number of anilines is 2. The number of benzene rings is 3. The van der Waals surface area contributed by atoms with Crippen LogP contribution in [0, 0.1) is 12.7 Å². The summed E-state index contributed by atoms with van der Waals surface area (Å²) in [4.78, 5) is 26.1. The molecular weight excluding hydrogens is 529 g/mol. The number of nitrogens with zero attached hydrogens (tertiary/aromatic N) is 4. The highest BCUT2D eigenvalue weighted by Crippen LogP contribution is 2.45. The molecular formula is C32H33F3N4O2. The Morgan fingerprint density at radius 2 is 1.68 bits per heavy atom. The molecule has 1 amide bonds. The molecule has 0 spiro atoms. The third-order valence-corrected chi connectivity index (χ3v) is 8.19. The maximum atomic E-state index is 16.0. The highest BCUT2D eigenvalue weighted by Gasteiger charge is 2.49. The highest BCUT2D eigenvalue weighted by atomic mass is 19.3. The van der Waals surface area contributed by atoms with Gasteiger partial charge in [0.1, 0.15) is 23.1 Å². The van der Waals surface area contributed by atoms with Gasteiger partial charge in [-0.25, -0.2) is 14.4 Å². The Morgan fingerprint density at radius 3 is 2.32 bits per heavy atom. The van der Waals surface area contributed by atoms with E-state index >= 15 is 13.2 Å². The molecule has 3 aromatic carbocycles. The summed E-state index contributed by atoms with van der Waals surface area (Å²) in [6.07, 6.45) is 0. The van der Waals surface area contributed by atoms with E-state index in [1.54, 1.807) is 36.8 Å². The molecule has 41 heavy (non-hydrogen) atoms. The van der Waals surface area contributed by atoms with Crippen molar-refractivity contribution in [2.75, 3.05) is 11.9 Å². The number of para-hydroxylation sites is 1. The van der Waals surface area contributed by atoms with Crippen molar-refractivity contribution in [1.29, 1.82) is 0 Å². The van der Waals surface area contributed by atoms with Gasteiger partial charge in [-0.3, -0.25) is 4.79 Å². The first-order chi connectivity index (χ1) is 19.1. The van der Waals surface area contributed by atoms with E-state index in [1.807, 2.05) is 50.2 Å². The third-order valence-electron chi connectivity index (χ3n) is 8.19. The lowest BCUT2D eigenvalue weighted by Crippen LogP contribution is -2.41. The van der Waals surface area contributed by atoms with Crippen molar-refractivity contribution in [2.24, 2.45) is 0 Å². The van der Waals surface area contributed by atoms with Crippen LogP contribution in [-0.4, -0.2) is 38.5 Å². The Labute approximate surface area is 237 Å². The first-order valence-corrected chi connectivity index (χ1v) is 13.4. The molecule has 0 saturated carbocycles. The number of aliphatic hydroxyl groups is 1. The molecule has 9 heteroatoms. The minimum absolute atomic E-state index is 0.00204. The fraction of sp³-hybridized carbons (Fsp3) is 0.344. The lowest BCUT2D eigenvalue weighted by Gasteiger charge is -2.34. The molecule has 0 unspecified atom stereocenters. The van der Waals surface area contributed by atoms with Crippen LogP contribution in [0.4, 0.5) is 24.7 Å². The zero-order valence-electron chi connectivity index (χ0n) is 24.1. The SMILES string of the molecule is Cc1nc(N(c2ccccc2)[C@H](C)c2cccc(C(F)(F)C(C)(C)O)c2F)c2cc3c(cc2n1)C(C)(C)N(C)C3=O. The average molecular weight is 563 g/mol. The first-order valence-electron chi connectivity index (χ1n) is 13.4. The maximum Gasteiger partial charge on any atom is 0.303 e. The van der Waals surface area contributed by atoms with Crippen molar-refractivity contribution in [3.63, 3.8) is 0 Å². The molecule has 5 rings (SSSR count). The van der Waals surface area contributed by atoms with Gasteiger partial charge in [-0.15, -0.1) is 0 Å². The number of halogens is 3. The van der Waals surface area contributed by atoms with Crippen LogP contribution in [-0.2, 0) is 11.5 Å². The minimum atomic E-state index is -3.84. The van der Waals surface area contributed by atoms with Gasteiger partial charge in [-0.2, -0.15) is 8.78 Å². The molecule has 1 aromatic heterocycles. The van der Waals surface area contributed by atoms with E-state index in [2.05, 4.69) is 4.98 Å². The van der Waals surface area contributed by atoms with Gasteiger partial charge in [-0.05, 0) is 77.4 Å². The number of carbonyl (C=O) groups is 1. The normalized spacial score (nSPS) is 15.8. The van der Waals surface area contributed by atoms with Crippen molar-refractivity contribution in [2.45, 2.75) is 64.6 Å². The number of amides is 1. The monoisotopic (exact) mass is 562 g/mol. The molecule has 0 bridgehead atoms. The van der Waals surface area contributed by atoms with E-state index < -0.39 is 34.5 Å². The Balaban J connectivity index is 1.76. The Bertz CT molecular complexity index is 1670. The zero-order valence-corrected chi connectivity index (χ0v) is 24.1. The van der Waals surface area contributed by atoms with Gasteiger partial charge in [-0.1, -0.05) is 30.3 Å². The van der Waals surface area contributed by atoms with E-state index in [4.69, 9.17) is 4.98 Å². The summed E-state index contributed by atoms with van der Waals surface area (Å²) in [5.41, 5.74) is -1.30. The smallest absolute Gasteiger partial charge is 0.303 e. The summed E-state index contributed by atoms with van der Waals surface area (Å²) in [5, 5.41) is 10.7. The van der Waals surface area contributed by atoms with E-state index in [-0.39, 0.29) is 11.5 Å². The Kier molecular flexibility index (Phi) is 6.65. The molecule has 4 aromatic rings. The van der Waals surface area contributed by atoms with Gasteiger partial charge >= 0.3 is 5.92 Å². The lowest BCUT2D eigenvalue weighted by molar-refractivity contribution is -0.170. The van der Waals surface area contributed by atoms with Crippen LogP contribution >= 0.6 is 0 Å². The largest absolute Gasteiger partial charge is 0.384 e. The zero-order chi connectivity index (χ0) is 30.1. The summed E-state index contributed by atoms with van der Waals surface area (Å²) in [5.74, 6) is -4.22. The minimum Gasteiger partial charge on any atom is -0.384 e. The number of rotatable bonds is 6. The summed E-state index contributed by atoms with van der Waals surface area (Å²) in [7, 11) is 1.75. The molecule has 0 fully saturated rings. The number of aromatic nitrogens is 2. The second kappa shape index (κ2) is 9.55. The van der Waals surface area contributed by atoms with E-state index in [1.165, 1.54) is 12.1 Å². The van der Waals surface area contributed by atoms with Gasteiger partial charge in [0.05, 0.1) is 22.7 Å². The van der Waals surface area contributed by atoms with Crippen molar-refractivity contribution in [1.82, 2.24) is 14.9 Å². The molecule has 1 N–H and O–H groups in total. The second-order valence-electron chi connectivity index (χ2n) is 11.7. The predicted octanol–water partition coefficient (Wildman–Crippen LogP) is 7.16. The standard InChI is InChI=1S/C32H33F3N4O2/c1-18(21-14-11-15-24(27(21)33)32(34,35)31(5,6)41)39(20-12-9-8-10-13-20)28-23-16-22-25(17-26(23)36-19(2)37-28)30(3,4)38(7)29(22)40/h8-18,41H,1-7H3/t18-/m1/s1. The van der Waals surface area contributed by atoms with Crippen molar-refractivity contribution < 1.29 is 23.1 Å². The number of hydrogen-bond donors (Lipinski definition) is 1. The molecule has 6 nitrogen and oxygen atoms in total. The van der Waals surface area contributed by atoms with Gasteiger partial charge in [0.15, 0.2) is 0 Å². The molecule has 2 heterocycles. The maximum absolute atomic E-state index is 16.0. The number of carbonyl (C=O) groups excluding carboxylic acids is 1. The van der Waals surface area contributed by atoms with Crippen LogP contribution in [0.1, 0.15) is 73.5 Å². The summed E-state index contributed by atoms with van der Waals surface area (Å²) in [6, 6.07) is 15.8. The fourth-order valence-electron chi connectivity index (χ4n) is 5.46. The lowest BCUT2D eigenvalue weighted by atomic mass is 9.90. The second-order valence-corrected chi connectivity index (χ2v) is 11.7. The van der Waals surface area contributed by atoms with E-state index in [0.29, 0.717) is 33.8 Å². The van der Waals surface area contributed by atoms with Crippen LogP contribution in [0.15, 0.2) is 60.7 Å². The highest BCUT2D eigenvalue weighted by molar-refractivity contribution is 6.05. The van der Waals surface area contributed by atoms with Gasteiger partial charge < -0.3 is 14.9 Å². The average Bonchev–Trinajstić information content (AvgIpc) is 3.07. The molecule has 0 radical (unpaired) electrons. The van der Waals surface area contributed by atoms with Crippen LogP contribution in [0.3, 0.4) is 0 Å². The predicted molar refractivity (Wildman–Crippen MR) is 153 cm³/mol. The molecule has 1 atom stereocenters. The molecule has 0 saturated heterocycles. The van der Waals surface area contributed by atoms with E-state index in [9.17, 15) is 9.90 Å². The Morgan fingerprint density at radius 1 is 1.02 bits per heavy atom. The quantitative estimate of drug-likeness (QED) is 0.270. The molecule has 214 valence electrons. The van der Waals surface area contributed by atoms with Crippen LogP contribution in [0.2, 0.25) is 0 Å².